The Balaban J connectivity index is 1.50. The number of hydrogen-bond donors (Lipinski definition) is 1. The topological polar surface area (TPSA) is 74.6 Å². The number of thioether (sulfide) groups is 1. The molecule has 2 N–H and O–H groups in total. The van der Waals surface area contributed by atoms with Crippen LogP contribution in [-0.4, -0.2) is 24.4 Å². The summed E-state index contributed by atoms with van der Waals surface area (Å²) < 4.78 is 3.54. The molecular weight excluding hydrogens is 415 g/mol. The van der Waals surface area contributed by atoms with Crippen molar-refractivity contribution < 1.29 is 0 Å². The van der Waals surface area contributed by atoms with Crippen LogP contribution in [0.3, 0.4) is 0 Å². The maximum Gasteiger partial charge on any atom is 0.210 e. The van der Waals surface area contributed by atoms with Gasteiger partial charge < -0.3 is 10.4 Å². The molecule has 0 aliphatic rings. The molecule has 9 heteroatoms. The fraction of sp³-hybridized carbons (Fsp3) is 0.105. The molecule has 0 fully saturated rings. The number of aromatic nitrogens is 5. The molecule has 28 heavy (non-hydrogen) atoms. The molecule has 2 aromatic carbocycles. The van der Waals surface area contributed by atoms with Crippen molar-refractivity contribution in [1.82, 2.24) is 24.4 Å². The Morgan fingerprint density at radius 3 is 2.64 bits per heavy atom. The van der Waals surface area contributed by atoms with E-state index < -0.39 is 0 Å². The molecule has 0 radical (unpaired) electrons. The average Bonchev–Trinajstić information content (AvgIpc) is 3.27. The predicted molar refractivity (Wildman–Crippen MR) is 113 cm³/mol. The quantitative estimate of drug-likeness (QED) is 0.359. The van der Waals surface area contributed by atoms with E-state index in [0.29, 0.717) is 32.3 Å². The second-order valence-corrected chi connectivity index (χ2v) is 7.83. The smallest absolute Gasteiger partial charge is 0.210 e. The van der Waals surface area contributed by atoms with Crippen molar-refractivity contribution in [3.05, 3.63) is 82.4 Å². The highest BCUT2D eigenvalue weighted by atomic mass is 35.5. The van der Waals surface area contributed by atoms with Crippen molar-refractivity contribution in [3.8, 4) is 11.4 Å². The van der Waals surface area contributed by atoms with E-state index >= 15 is 0 Å². The first-order valence-corrected chi connectivity index (χ1v) is 10.2. The van der Waals surface area contributed by atoms with Crippen LogP contribution in [0.1, 0.15) is 11.4 Å². The molecule has 4 aromatic rings. The molecule has 0 saturated heterocycles. The normalized spacial score (nSPS) is 11.1. The Hall–Kier alpha value is -2.48. The second-order valence-electron chi connectivity index (χ2n) is 6.05. The summed E-state index contributed by atoms with van der Waals surface area (Å²) in [7, 11) is 0. The highest BCUT2D eigenvalue weighted by Crippen LogP contribution is 2.30. The largest absolute Gasteiger partial charge is 0.335 e. The van der Waals surface area contributed by atoms with Crippen LogP contribution in [-0.2, 0) is 12.3 Å². The first-order valence-electron chi connectivity index (χ1n) is 8.44. The van der Waals surface area contributed by atoms with Crippen LogP contribution in [0.4, 0.5) is 0 Å². The van der Waals surface area contributed by atoms with E-state index in [0.717, 1.165) is 12.4 Å². The third-order valence-electron chi connectivity index (χ3n) is 4.16. The SMILES string of the molecule is Nn1c(SCc2nccn2Cc2ccccc2)nnc1-c1ccc(Cl)cc1Cl. The number of rotatable bonds is 6. The molecule has 0 unspecified atom stereocenters. The monoisotopic (exact) mass is 430 g/mol. The van der Waals surface area contributed by atoms with Crippen LogP contribution in [0.2, 0.25) is 10.0 Å². The molecule has 142 valence electrons. The van der Waals surface area contributed by atoms with Gasteiger partial charge in [-0.05, 0) is 23.8 Å². The van der Waals surface area contributed by atoms with Gasteiger partial charge in [-0.3, -0.25) is 0 Å². The third kappa shape index (κ3) is 4.01. The number of nitrogen functional groups attached to an aromatic ring is 1. The zero-order valence-electron chi connectivity index (χ0n) is 14.7. The minimum Gasteiger partial charge on any atom is -0.335 e. The molecule has 6 nitrogen and oxygen atoms in total. The van der Waals surface area contributed by atoms with E-state index in [1.807, 2.05) is 24.4 Å². The fourth-order valence-electron chi connectivity index (χ4n) is 2.76. The molecular formula is C19H16Cl2N6S. The van der Waals surface area contributed by atoms with Gasteiger partial charge in [0.15, 0.2) is 5.82 Å². The molecule has 2 aromatic heterocycles. The molecule has 0 aliphatic carbocycles. The van der Waals surface area contributed by atoms with Crippen molar-refractivity contribution in [1.29, 1.82) is 0 Å². The lowest BCUT2D eigenvalue weighted by Gasteiger charge is -2.08. The molecule has 2 heterocycles. The first-order chi connectivity index (χ1) is 13.6. The van der Waals surface area contributed by atoms with Gasteiger partial charge in [0.2, 0.25) is 5.16 Å². The van der Waals surface area contributed by atoms with E-state index in [1.165, 1.54) is 22.0 Å². The van der Waals surface area contributed by atoms with Crippen molar-refractivity contribution in [2.24, 2.45) is 0 Å². The summed E-state index contributed by atoms with van der Waals surface area (Å²) in [6.07, 6.45) is 3.76. The van der Waals surface area contributed by atoms with Gasteiger partial charge in [-0.25, -0.2) is 9.66 Å². The van der Waals surface area contributed by atoms with E-state index in [2.05, 4.69) is 31.9 Å². The number of hydrogen-bond acceptors (Lipinski definition) is 5. The third-order valence-corrected chi connectivity index (χ3v) is 5.65. The van der Waals surface area contributed by atoms with Gasteiger partial charge in [0.05, 0.1) is 10.8 Å². The second kappa shape index (κ2) is 8.26. The van der Waals surface area contributed by atoms with Gasteiger partial charge >= 0.3 is 0 Å². The standard InChI is InChI=1S/C19H16Cl2N6S/c20-14-6-7-15(16(21)10-14)18-24-25-19(27(18)22)28-12-17-23-8-9-26(17)11-13-4-2-1-3-5-13/h1-10H,11-12,22H2. The molecule has 0 atom stereocenters. The van der Waals surface area contributed by atoms with Crippen LogP contribution in [0.15, 0.2) is 66.1 Å². The number of nitrogens with two attached hydrogens (primary N) is 1. The summed E-state index contributed by atoms with van der Waals surface area (Å²) in [5.41, 5.74) is 1.90. The van der Waals surface area contributed by atoms with Crippen LogP contribution >= 0.6 is 35.0 Å². The van der Waals surface area contributed by atoms with Crippen molar-refractivity contribution in [3.63, 3.8) is 0 Å². The highest BCUT2D eigenvalue weighted by molar-refractivity contribution is 7.98. The summed E-state index contributed by atoms with van der Waals surface area (Å²) in [6.45, 7) is 0.762. The summed E-state index contributed by atoms with van der Waals surface area (Å²) in [5, 5.41) is 9.98. The lowest BCUT2D eigenvalue weighted by atomic mass is 10.2. The van der Waals surface area contributed by atoms with Crippen LogP contribution in [0.25, 0.3) is 11.4 Å². The molecule has 4 rings (SSSR count). The number of nitrogens with zero attached hydrogens (tertiary/aromatic N) is 5. The van der Waals surface area contributed by atoms with E-state index in [-0.39, 0.29) is 0 Å². The van der Waals surface area contributed by atoms with Gasteiger partial charge in [-0.2, -0.15) is 0 Å². The molecule has 0 bridgehead atoms. The van der Waals surface area contributed by atoms with E-state index in [1.54, 1.807) is 24.4 Å². The molecule has 0 amide bonds. The number of halogens is 2. The highest BCUT2D eigenvalue weighted by Gasteiger charge is 2.16. The van der Waals surface area contributed by atoms with E-state index in [9.17, 15) is 0 Å². The summed E-state index contributed by atoms with van der Waals surface area (Å²) in [5.74, 6) is 8.23. The minimum absolute atomic E-state index is 0.474. The number of benzene rings is 2. The van der Waals surface area contributed by atoms with Gasteiger partial charge in [0.1, 0.15) is 5.82 Å². The van der Waals surface area contributed by atoms with Crippen molar-refractivity contribution >= 4 is 35.0 Å². The van der Waals surface area contributed by atoms with Gasteiger partial charge in [0.25, 0.3) is 0 Å². The van der Waals surface area contributed by atoms with Gasteiger partial charge in [-0.1, -0.05) is 65.3 Å². The maximum absolute atomic E-state index is 6.26. The van der Waals surface area contributed by atoms with Gasteiger partial charge in [-0.15, -0.1) is 10.2 Å². The first kappa shape index (κ1) is 18.9. The zero-order chi connectivity index (χ0) is 19.5. The lowest BCUT2D eigenvalue weighted by Crippen LogP contribution is -2.12. The summed E-state index contributed by atoms with van der Waals surface area (Å²) in [4.78, 5) is 4.45. The molecule has 0 saturated carbocycles. The number of imidazole rings is 1. The van der Waals surface area contributed by atoms with E-state index in [4.69, 9.17) is 29.0 Å². The minimum atomic E-state index is 0.474. The molecule has 0 spiro atoms. The zero-order valence-corrected chi connectivity index (χ0v) is 17.0. The van der Waals surface area contributed by atoms with Crippen LogP contribution in [0, 0.1) is 0 Å². The lowest BCUT2D eigenvalue weighted by molar-refractivity contribution is 0.754. The van der Waals surface area contributed by atoms with Crippen LogP contribution in [0.5, 0.6) is 0 Å². The Kier molecular flexibility index (Phi) is 5.57. The Morgan fingerprint density at radius 1 is 1.04 bits per heavy atom. The Bertz CT molecular complexity index is 1090. The predicted octanol–water partition coefficient (Wildman–Crippen LogP) is 4.50. The van der Waals surface area contributed by atoms with Gasteiger partial charge in [0, 0.05) is 29.5 Å². The maximum atomic E-state index is 6.26. The van der Waals surface area contributed by atoms with Crippen molar-refractivity contribution in [2.75, 3.05) is 5.84 Å². The molecule has 0 aliphatic heterocycles. The summed E-state index contributed by atoms with van der Waals surface area (Å²) >= 11 is 13.7. The average molecular weight is 431 g/mol. The Morgan fingerprint density at radius 2 is 1.86 bits per heavy atom. The fourth-order valence-corrected chi connectivity index (χ4v) is 4.08. The van der Waals surface area contributed by atoms with Crippen molar-refractivity contribution in [2.45, 2.75) is 17.5 Å². The van der Waals surface area contributed by atoms with Crippen LogP contribution < -0.4 is 5.84 Å². The Labute approximate surface area is 176 Å². The summed E-state index contributed by atoms with van der Waals surface area (Å²) in [6, 6.07) is 15.4.